The molecule has 4 aromatic heterocycles. The lowest BCUT2D eigenvalue weighted by atomic mass is 10.1. The van der Waals surface area contributed by atoms with E-state index in [0.717, 1.165) is 10.7 Å². The van der Waals surface area contributed by atoms with Crippen LogP contribution in [0.4, 0.5) is 0 Å². The summed E-state index contributed by atoms with van der Waals surface area (Å²) in [6.45, 7) is 2.02. The van der Waals surface area contributed by atoms with Gasteiger partial charge >= 0.3 is 5.69 Å². The van der Waals surface area contributed by atoms with Crippen molar-refractivity contribution < 1.29 is 9.53 Å². The van der Waals surface area contributed by atoms with Crippen LogP contribution in [-0.2, 0) is 19.5 Å². The predicted molar refractivity (Wildman–Crippen MR) is 123 cm³/mol. The van der Waals surface area contributed by atoms with Gasteiger partial charge in [0.05, 0.1) is 19.3 Å². The number of methoxy groups -OCH3 is 1. The van der Waals surface area contributed by atoms with E-state index in [4.69, 9.17) is 4.74 Å². The van der Waals surface area contributed by atoms with Crippen LogP contribution < -0.4 is 16.0 Å². The fraction of sp³-hybridized carbons (Fsp3) is 0.227. The molecule has 5 rings (SSSR count). The number of hydrogen-bond acceptors (Lipinski definition) is 7. The number of nitrogens with one attached hydrogen (secondary N) is 1. The topological polar surface area (TPSA) is 116 Å². The summed E-state index contributed by atoms with van der Waals surface area (Å²) >= 11 is 1.51. The molecule has 168 valence electrons. The molecule has 5 aromatic rings. The second-order valence-electron chi connectivity index (χ2n) is 7.44. The van der Waals surface area contributed by atoms with Crippen molar-refractivity contribution in [3.63, 3.8) is 0 Å². The maximum absolute atomic E-state index is 13.1. The molecule has 1 N–H and O–H groups in total. The summed E-state index contributed by atoms with van der Waals surface area (Å²) in [5.74, 6) is 0.928. The zero-order valence-corrected chi connectivity index (χ0v) is 18.8. The number of ether oxygens (including phenoxy) is 1. The zero-order valence-electron chi connectivity index (χ0n) is 17.9. The molecule has 0 amide bonds. The van der Waals surface area contributed by atoms with Crippen molar-refractivity contribution >= 4 is 33.2 Å². The van der Waals surface area contributed by atoms with Crippen LogP contribution in [-0.4, -0.2) is 41.4 Å². The van der Waals surface area contributed by atoms with Gasteiger partial charge in [0.2, 0.25) is 0 Å². The van der Waals surface area contributed by atoms with Crippen LogP contribution >= 0.6 is 11.3 Å². The van der Waals surface area contributed by atoms with Gasteiger partial charge in [0, 0.05) is 36.3 Å². The Bertz CT molecular complexity index is 1570. The van der Waals surface area contributed by atoms with E-state index in [-0.39, 0.29) is 23.5 Å². The van der Waals surface area contributed by atoms with Gasteiger partial charge < -0.3 is 9.30 Å². The van der Waals surface area contributed by atoms with E-state index >= 15 is 0 Å². The molecule has 10 nitrogen and oxygen atoms in total. The fourth-order valence-corrected chi connectivity index (χ4v) is 4.57. The standard InChI is InChI=1S/C22H20N6O4S/c1-3-27-19-18(20(30)25-21(27)31)28(12-16(29)13-4-6-15(32-2)7-5-13)17(24-19)10-14-11-26-8-9-33-22(26)23-14/h4-9,11H,3,10,12H2,1-2H3,(H,25,30,31). The molecule has 1 aromatic carbocycles. The molecule has 11 heteroatoms. The summed E-state index contributed by atoms with van der Waals surface area (Å²) < 4.78 is 10.0. The molecule has 0 atom stereocenters. The quantitative estimate of drug-likeness (QED) is 0.369. The highest BCUT2D eigenvalue weighted by Gasteiger charge is 2.21. The van der Waals surface area contributed by atoms with E-state index in [9.17, 15) is 14.4 Å². The number of ketones is 1. The molecule has 0 fully saturated rings. The Hall–Kier alpha value is -3.99. The minimum absolute atomic E-state index is 0.106. The van der Waals surface area contributed by atoms with E-state index in [0.29, 0.717) is 30.1 Å². The summed E-state index contributed by atoms with van der Waals surface area (Å²) in [6.07, 6.45) is 4.10. The molecular weight excluding hydrogens is 444 g/mol. The van der Waals surface area contributed by atoms with Crippen molar-refractivity contribution in [3.8, 4) is 5.75 Å². The molecule has 0 bridgehead atoms. The largest absolute Gasteiger partial charge is 0.497 e. The van der Waals surface area contributed by atoms with Crippen LogP contribution in [0.25, 0.3) is 16.1 Å². The zero-order chi connectivity index (χ0) is 23.1. The van der Waals surface area contributed by atoms with Gasteiger partial charge in [0.1, 0.15) is 11.6 Å². The highest BCUT2D eigenvalue weighted by Crippen LogP contribution is 2.19. The van der Waals surface area contributed by atoms with E-state index in [1.165, 1.54) is 15.9 Å². The SMILES string of the molecule is CCn1c(=O)[nH]c(=O)c2c1nc(Cc1cn3ccsc3n1)n2CC(=O)c1ccc(OC)cc1. The van der Waals surface area contributed by atoms with Crippen molar-refractivity contribution in [2.45, 2.75) is 26.4 Å². The second kappa shape index (κ2) is 8.17. The second-order valence-corrected chi connectivity index (χ2v) is 8.32. The number of carbonyl (C=O) groups excluding carboxylic acids is 1. The van der Waals surface area contributed by atoms with Crippen LogP contribution in [0.1, 0.15) is 28.8 Å². The number of aryl methyl sites for hydroxylation is 1. The molecule has 0 aliphatic rings. The third kappa shape index (κ3) is 3.65. The third-order valence-corrected chi connectivity index (χ3v) is 6.25. The van der Waals surface area contributed by atoms with Crippen molar-refractivity contribution in [3.05, 3.63) is 80.0 Å². The summed E-state index contributed by atoms with van der Waals surface area (Å²) in [7, 11) is 1.56. The Morgan fingerprint density at radius 2 is 1.94 bits per heavy atom. The number of carbonyl (C=O) groups is 1. The van der Waals surface area contributed by atoms with Gasteiger partial charge in [-0.25, -0.2) is 14.8 Å². The van der Waals surface area contributed by atoms with E-state index in [1.807, 2.05) is 22.2 Å². The van der Waals surface area contributed by atoms with Crippen LogP contribution in [0, 0.1) is 0 Å². The summed E-state index contributed by atoms with van der Waals surface area (Å²) in [6, 6.07) is 6.77. The van der Waals surface area contributed by atoms with Crippen LogP contribution in [0.2, 0.25) is 0 Å². The lowest BCUT2D eigenvalue weighted by Gasteiger charge is -2.08. The van der Waals surface area contributed by atoms with Gasteiger partial charge in [0.15, 0.2) is 21.9 Å². The lowest BCUT2D eigenvalue weighted by molar-refractivity contribution is 0.0972. The summed E-state index contributed by atoms with van der Waals surface area (Å²) in [5, 5.41) is 1.94. The minimum Gasteiger partial charge on any atom is -0.497 e. The van der Waals surface area contributed by atoms with Crippen LogP contribution in [0.15, 0.2) is 51.6 Å². The highest BCUT2D eigenvalue weighted by molar-refractivity contribution is 7.15. The molecule has 0 spiro atoms. The first-order chi connectivity index (χ1) is 16.0. The van der Waals surface area contributed by atoms with E-state index in [1.54, 1.807) is 42.9 Å². The monoisotopic (exact) mass is 464 g/mol. The fourth-order valence-electron chi connectivity index (χ4n) is 3.85. The van der Waals surface area contributed by atoms with E-state index in [2.05, 4.69) is 15.0 Å². The highest BCUT2D eigenvalue weighted by atomic mass is 32.1. The number of hydrogen-bond donors (Lipinski definition) is 1. The first-order valence-electron chi connectivity index (χ1n) is 10.3. The molecule has 0 unspecified atom stereocenters. The molecule has 33 heavy (non-hydrogen) atoms. The van der Waals surface area contributed by atoms with Crippen molar-refractivity contribution in [1.29, 1.82) is 0 Å². The molecule has 0 saturated heterocycles. The molecule has 0 aliphatic carbocycles. The Morgan fingerprint density at radius 3 is 2.64 bits per heavy atom. The maximum atomic E-state index is 13.1. The minimum atomic E-state index is -0.577. The lowest BCUT2D eigenvalue weighted by Crippen LogP contribution is -2.31. The normalized spacial score (nSPS) is 11.5. The third-order valence-electron chi connectivity index (χ3n) is 5.48. The first-order valence-corrected chi connectivity index (χ1v) is 11.2. The molecule has 0 saturated carbocycles. The predicted octanol–water partition coefficient (Wildman–Crippen LogP) is 2.10. The number of thiazole rings is 1. The number of H-pyrrole nitrogens is 1. The van der Waals surface area contributed by atoms with E-state index < -0.39 is 11.2 Å². The summed E-state index contributed by atoms with van der Waals surface area (Å²) in [5.41, 5.74) is 0.560. The van der Waals surface area contributed by atoms with Gasteiger partial charge in [0.25, 0.3) is 5.56 Å². The van der Waals surface area contributed by atoms with Crippen LogP contribution in [0.3, 0.4) is 0 Å². The van der Waals surface area contributed by atoms with Gasteiger partial charge in [-0.3, -0.25) is 23.5 Å². The molecular formula is C22H20N6O4S. The van der Waals surface area contributed by atoms with Crippen molar-refractivity contribution in [1.82, 2.24) is 28.5 Å². The number of rotatable bonds is 7. The van der Waals surface area contributed by atoms with Crippen molar-refractivity contribution in [2.75, 3.05) is 7.11 Å². The molecule has 0 radical (unpaired) electrons. The van der Waals surface area contributed by atoms with Gasteiger partial charge in [-0.1, -0.05) is 0 Å². The molecule has 4 heterocycles. The van der Waals surface area contributed by atoms with Gasteiger partial charge in [-0.2, -0.15) is 0 Å². The number of aromatic nitrogens is 6. The smallest absolute Gasteiger partial charge is 0.330 e. The number of imidazole rings is 2. The average Bonchev–Trinajstić information content (AvgIpc) is 3.48. The number of benzene rings is 1. The molecule has 0 aliphatic heterocycles. The Kier molecular flexibility index (Phi) is 5.17. The maximum Gasteiger partial charge on any atom is 0.330 e. The van der Waals surface area contributed by atoms with Gasteiger partial charge in [-0.05, 0) is 31.2 Å². The Labute approximate surface area is 190 Å². The number of aromatic amines is 1. The van der Waals surface area contributed by atoms with Crippen molar-refractivity contribution in [2.24, 2.45) is 0 Å². The van der Waals surface area contributed by atoms with Gasteiger partial charge in [-0.15, -0.1) is 11.3 Å². The van der Waals surface area contributed by atoms with Crippen LogP contribution in [0.5, 0.6) is 5.75 Å². The Morgan fingerprint density at radius 1 is 1.15 bits per heavy atom. The summed E-state index contributed by atoms with van der Waals surface area (Å²) in [4.78, 5) is 50.6. The number of nitrogens with zero attached hydrogens (tertiary/aromatic N) is 5. The first kappa shape index (κ1) is 20.9. The number of Topliss-reactive ketones (excluding diaryl/α,β-unsaturated/α-hetero) is 1. The number of fused-ring (bicyclic) bond motifs is 2. The average molecular weight is 465 g/mol. The Balaban J connectivity index is 1.62.